The van der Waals surface area contributed by atoms with Crippen LogP contribution in [0.4, 0.5) is 0 Å². The molecular weight excluding hydrogens is 336 g/mol. The zero-order valence-corrected chi connectivity index (χ0v) is 15.0. The molecule has 0 atom stereocenters. The average Bonchev–Trinajstić information content (AvgIpc) is 2.67. The van der Waals surface area contributed by atoms with Crippen LogP contribution in [-0.4, -0.2) is 52.9 Å². The van der Waals surface area contributed by atoms with Gasteiger partial charge in [-0.3, -0.25) is 0 Å². The molecule has 0 bridgehead atoms. The molecule has 0 spiro atoms. The van der Waals surface area contributed by atoms with Crippen LogP contribution in [0, 0.1) is 0 Å². The van der Waals surface area contributed by atoms with Crippen LogP contribution >= 0.6 is 0 Å². The lowest BCUT2D eigenvalue weighted by Gasteiger charge is -2.15. The van der Waals surface area contributed by atoms with Gasteiger partial charge in [-0.05, 0) is 24.3 Å². The van der Waals surface area contributed by atoms with Crippen molar-refractivity contribution in [3.05, 3.63) is 61.1 Å². The molecule has 6 heteroatoms. The first-order valence-electron chi connectivity index (χ1n) is 8.60. The largest absolute Gasteiger partial charge is 0.487 e. The van der Waals surface area contributed by atoms with E-state index in [1.54, 1.807) is 12.2 Å². The van der Waals surface area contributed by atoms with E-state index in [0.29, 0.717) is 75.9 Å². The van der Waals surface area contributed by atoms with Crippen molar-refractivity contribution in [1.29, 1.82) is 0 Å². The first kappa shape index (κ1) is 19.9. The Hall–Kier alpha value is -2.44. The van der Waals surface area contributed by atoms with Gasteiger partial charge in [0.05, 0.1) is 26.4 Å². The molecule has 1 aromatic carbocycles. The van der Waals surface area contributed by atoms with Crippen molar-refractivity contribution in [3.8, 4) is 11.5 Å². The highest BCUT2D eigenvalue weighted by molar-refractivity contribution is 5.39. The predicted octanol–water partition coefficient (Wildman–Crippen LogP) is 3.11. The van der Waals surface area contributed by atoms with Gasteiger partial charge >= 0.3 is 0 Å². The molecular formula is C20H26O6. The van der Waals surface area contributed by atoms with Gasteiger partial charge in [-0.1, -0.05) is 25.3 Å². The van der Waals surface area contributed by atoms with Gasteiger partial charge in [-0.25, -0.2) is 0 Å². The van der Waals surface area contributed by atoms with Gasteiger partial charge in [0.25, 0.3) is 0 Å². The third-order valence-electron chi connectivity index (χ3n) is 3.40. The Kier molecular flexibility index (Phi) is 9.18. The molecule has 1 aliphatic rings. The van der Waals surface area contributed by atoms with E-state index in [-0.39, 0.29) is 0 Å². The Morgan fingerprint density at radius 3 is 1.35 bits per heavy atom. The summed E-state index contributed by atoms with van der Waals surface area (Å²) in [6, 6.07) is 7.53. The van der Waals surface area contributed by atoms with Crippen molar-refractivity contribution in [2.24, 2.45) is 0 Å². The number of ether oxygens (including phenoxy) is 6. The molecule has 0 unspecified atom stereocenters. The second-order valence-electron chi connectivity index (χ2n) is 5.20. The van der Waals surface area contributed by atoms with Crippen LogP contribution < -0.4 is 9.47 Å². The Bertz CT molecular complexity index is 545. The highest BCUT2D eigenvalue weighted by Crippen LogP contribution is 2.26. The third kappa shape index (κ3) is 6.82. The van der Waals surface area contributed by atoms with Gasteiger partial charge in [-0.15, -0.1) is 0 Å². The lowest BCUT2D eigenvalue weighted by atomic mass is 10.3. The first-order chi connectivity index (χ1) is 12.8. The lowest BCUT2D eigenvalue weighted by molar-refractivity contribution is 0.0430. The van der Waals surface area contributed by atoms with Crippen LogP contribution in [0.5, 0.6) is 11.5 Å². The molecule has 1 aliphatic heterocycles. The van der Waals surface area contributed by atoms with Crippen molar-refractivity contribution in [1.82, 2.24) is 0 Å². The van der Waals surface area contributed by atoms with Crippen molar-refractivity contribution >= 4 is 0 Å². The minimum atomic E-state index is 0.373. The van der Waals surface area contributed by atoms with Crippen LogP contribution in [-0.2, 0) is 18.9 Å². The molecule has 1 aromatic rings. The molecule has 26 heavy (non-hydrogen) atoms. The normalized spacial score (nSPS) is 20.6. The number of fused-ring (bicyclic) bond motifs is 1. The number of rotatable bonds is 2. The van der Waals surface area contributed by atoms with E-state index in [1.165, 1.54) is 0 Å². The zero-order chi connectivity index (χ0) is 18.5. The molecule has 142 valence electrons. The summed E-state index contributed by atoms with van der Waals surface area (Å²) in [4.78, 5) is 0. The van der Waals surface area contributed by atoms with Gasteiger partial charge in [0.15, 0.2) is 23.0 Å². The van der Waals surface area contributed by atoms with Crippen molar-refractivity contribution in [3.63, 3.8) is 0 Å². The van der Waals surface area contributed by atoms with Crippen LogP contribution in [0.3, 0.4) is 0 Å². The Labute approximate surface area is 154 Å². The Morgan fingerprint density at radius 2 is 0.962 bits per heavy atom. The SMILES string of the molecule is C=C/C1=C(\C=C)OCCOCCOc2ccccc2OCCOCCO1. The maximum Gasteiger partial charge on any atom is 0.161 e. The maximum atomic E-state index is 5.72. The van der Waals surface area contributed by atoms with Crippen molar-refractivity contribution in [2.75, 3.05) is 52.9 Å². The van der Waals surface area contributed by atoms with E-state index in [9.17, 15) is 0 Å². The van der Waals surface area contributed by atoms with Gasteiger partial charge in [0.1, 0.15) is 26.4 Å². The maximum absolute atomic E-state index is 5.72. The number of hydrogen-bond acceptors (Lipinski definition) is 6. The van der Waals surface area contributed by atoms with E-state index in [1.807, 2.05) is 24.3 Å². The summed E-state index contributed by atoms with van der Waals surface area (Å²) in [5, 5.41) is 0. The number of allylic oxidation sites excluding steroid dienone is 2. The van der Waals surface area contributed by atoms with E-state index in [4.69, 9.17) is 28.4 Å². The van der Waals surface area contributed by atoms with E-state index < -0.39 is 0 Å². The summed E-state index contributed by atoms with van der Waals surface area (Å²) < 4.78 is 33.8. The quantitative estimate of drug-likeness (QED) is 0.806. The Morgan fingerprint density at radius 1 is 0.577 bits per heavy atom. The first-order valence-corrected chi connectivity index (χ1v) is 8.60. The third-order valence-corrected chi connectivity index (χ3v) is 3.40. The fraction of sp³-hybridized carbons (Fsp3) is 0.400. The Balaban J connectivity index is 1.93. The van der Waals surface area contributed by atoms with Crippen molar-refractivity contribution in [2.45, 2.75) is 0 Å². The van der Waals surface area contributed by atoms with Gasteiger partial charge in [0.2, 0.25) is 0 Å². The van der Waals surface area contributed by atoms with E-state index >= 15 is 0 Å². The highest BCUT2D eigenvalue weighted by atomic mass is 16.6. The molecule has 1 heterocycles. The molecule has 0 N–H and O–H groups in total. The van der Waals surface area contributed by atoms with Gasteiger partial charge < -0.3 is 28.4 Å². The van der Waals surface area contributed by atoms with E-state index in [2.05, 4.69) is 13.2 Å². The fourth-order valence-electron chi connectivity index (χ4n) is 2.20. The molecule has 6 nitrogen and oxygen atoms in total. The molecule has 0 aromatic heterocycles. The minimum Gasteiger partial charge on any atom is -0.487 e. The summed E-state index contributed by atoms with van der Waals surface area (Å²) in [5.41, 5.74) is 0. The summed E-state index contributed by atoms with van der Waals surface area (Å²) in [6.07, 6.45) is 3.17. The number of benzene rings is 1. The molecule has 2 rings (SSSR count). The number of para-hydroxylation sites is 2. The zero-order valence-electron chi connectivity index (χ0n) is 15.0. The molecule has 0 radical (unpaired) electrons. The lowest BCUT2D eigenvalue weighted by Crippen LogP contribution is -2.14. The predicted molar refractivity (Wildman–Crippen MR) is 98.4 cm³/mol. The van der Waals surface area contributed by atoms with Crippen LogP contribution in [0.1, 0.15) is 0 Å². The van der Waals surface area contributed by atoms with Crippen LogP contribution in [0.15, 0.2) is 61.1 Å². The average molecular weight is 362 g/mol. The van der Waals surface area contributed by atoms with Crippen LogP contribution in [0.25, 0.3) is 0 Å². The second kappa shape index (κ2) is 12.0. The van der Waals surface area contributed by atoms with E-state index in [0.717, 1.165) is 0 Å². The summed E-state index contributed by atoms with van der Waals surface area (Å²) in [7, 11) is 0. The van der Waals surface area contributed by atoms with Crippen LogP contribution in [0.2, 0.25) is 0 Å². The number of hydrogen-bond donors (Lipinski definition) is 0. The molecule has 0 saturated heterocycles. The summed E-state index contributed by atoms with van der Waals surface area (Å²) >= 11 is 0. The van der Waals surface area contributed by atoms with Crippen molar-refractivity contribution < 1.29 is 28.4 Å². The standard InChI is InChI=1S/C20H26O6/c1-3-17-18(4-2)24-14-10-22-12-16-26-20-8-6-5-7-19(20)25-15-11-21-9-13-23-17/h3-8H,1-2,9-16H2/b18-17-. The molecule has 0 aliphatic carbocycles. The summed E-state index contributed by atoms with van der Waals surface area (Å²) in [5.74, 6) is 2.42. The molecule has 0 amide bonds. The summed E-state index contributed by atoms with van der Waals surface area (Å²) in [6.45, 7) is 10.8. The smallest absolute Gasteiger partial charge is 0.161 e. The topological polar surface area (TPSA) is 55.4 Å². The fourth-order valence-corrected chi connectivity index (χ4v) is 2.20. The molecule has 0 fully saturated rings. The highest BCUT2D eigenvalue weighted by Gasteiger charge is 2.06. The molecule has 0 saturated carbocycles. The van der Waals surface area contributed by atoms with Gasteiger partial charge in [0, 0.05) is 0 Å². The minimum absolute atomic E-state index is 0.373. The second-order valence-corrected chi connectivity index (χ2v) is 5.20. The monoisotopic (exact) mass is 362 g/mol. The van der Waals surface area contributed by atoms with Gasteiger partial charge in [-0.2, -0.15) is 0 Å².